The first-order chi connectivity index (χ1) is 29.3. The monoisotopic (exact) mass is 871 g/mol. The summed E-state index contributed by atoms with van der Waals surface area (Å²) in [7, 11) is 0. The highest BCUT2D eigenvalue weighted by atomic mass is 16.5. The van der Waals surface area contributed by atoms with E-state index in [2.05, 4.69) is 69.0 Å². The van der Waals surface area contributed by atoms with Gasteiger partial charge in [0.05, 0.1) is 36.2 Å². The molecule has 3 N–H and O–H groups in total. The number of morpholine rings is 1. The number of Topliss-reactive ketones (excluding diaryl/α,β-unsaturated/α-hetero) is 1. The molecular formula is C51H74N4O8. The third-order valence-electron chi connectivity index (χ3n) is 19.2. The number of nitrogens with zero attached hydrogens (tertiary/aromatic N) is 2. The molecule has 0 bridgehead atoms. The second kappa shape index (κ2) is 15.4. The number of carboxylic acids is 1. The number of anilines is 1. The summed E-state index contributed by atoms with van der Waals surface area (Å²) in [6.45, 7) is 26.3. The Kier molecular flexibility index (Phi) is 11.2. The molecule has 1 aromatic heterocycles. The van der Waals surface area contributed by atoms with Crippen LogP contribution in [0.25, 0.3) is 0 Å². The van der Waals surface area contributed by atoms with Gasteiger partial charge in [0.1, 0.15) is 17.5 Å². The molecule has 2 heterocycles. The van der Waals surface area contributed by atoms with Gasteiger partial charge in [-0.05, 0) is 140 Å². The van der Waals surface area contributed by atoms with Crippen LogP contribution >= 0.6 is 0 Å². The quantitative estimate of drug-likeness (QED) is 0.208. The van der Waals surface area contributed by atoms with Crippen molar-refractivity contribution in [2.45, 2.75) is 158 Å². The fraction of sp³-hybridized carbons (Fsp3) is 0.765. The lowest BCUT2D eigenvalue weighted by atomic mass is 9.33. The summed E-state index contributed by atoms with van der Waals surface area (Å²) in [6, 6.07) is 3.58. The van der Waals surface area contributed by atoms with Crippen LogP contribution in [0.2, 0.25) is 0 Å². The fourth-order valence-electron chi connectivity index (χ4n) is 15.2. The number of carbonyl (C=O) groups excluding carboxylic acids is 4. The fourth-order valence-corrected chi connectivity index (χ4v) is 15.2. The number of aromatic nitrogens is 1. The van der Waals surface area contributed by atoms with Crippen molar-refractivity contribution in [3.05, 3.63) is 35.0 Å². The maximum atomic E-state index is 14.5. The third-order valence-corrected chi connectivity index (χ3v) is 19.2. The van der Waals surface area contributed by atoms with Crippen molar-refractivity contribution in [3.8, 4) is 0 Å². The lowest BCUT2D eigenvalue weighted by molar-refractivity contribution is -0.235. The molecule has 12 heteroatoms. The van der Waals surface area contributed by atoms with Gasteiger partial charge in [-0.15, -0.1) is 0 Å². The van der Waals surface area contributed by atoms with Crippen molar-refractivity contribution in [2.24, 2.45) is 62.6 Å². The Balaban J connectivity index is 1.01. The number of nitrogens with one attached hydrogen (secondary N) is 2. The zero-order valence-corrected chi connectivity index (χ0v) is 39.9. The molecule has 2 amide bonds. The van der Waals surface area contributed by atoms with Crippen molar-refractivity contribution in [1.82, 2.24) is 15.6 Å². The standard InChI is InChI=1S/C51H74N4O8/c1-29(2)39-34(56)27-51(54-44(61)47(7,8)53-41(57)30-12-15-38(52-28-30)55-22-24-62-25-23-55)21-20-49(10)31(40(39)51)13-14-36-48(9)18-17-37(46(5,6)35(48)16-19-50(36,49)11)63-43(60)33-26-32(42(58)59)45(33,3)4/h12,15,28-29,31-33,35-37H,13-14,16-27H2,1-11H3,(H,53,57)(H,54,61)(H,58,59)/t31-,32+,33-,35+,36-,37+,48+,49-,50-,51-/m1/s1. The number of pyridine rings is 1. The van der Waals surface area contributed by atoms with Crippen LogP contribution in [0.15, 0.2) is 29.5 Å². The molecule has 0 spiro atoms. The van der Waals surface area contributed by atoms with E-state index in [0.717, 1.165) is 75.0 Å². The summed E-state index contributed by atoms with van der Waals surface area (Å²) in [4.78, 5) is 74.6. The largest absolute Gasteiger partial charge is 0.481 e. The minimum Gasteiger partial charge on any atom is -0.481 e. The van der Waals surface area contributed by atoms with Gasteiger partial charge in [0, 0.05) is 31.1 Å². The van der Waals surface area contributed by atoms with E-state index in [9.17, 15) is 29.1 Å². The second-order valence-electron chi connectivity index (χ2n) is 23.6. The molecule has 6 fully saturated rings. The predicted octanol–water partition coefficient (Wildman–Crippen LogP) is 7.93. The molecule has 63 heavy (non-hydrogen) atoms. The SMILES string of the molecule is CC(C)C1=C2[C@H]3CC[C@@H]4[C@@]5(C)CC[C@H](OC(=O)[C@H]6C[C@@H](C(=O)O)C6(C)C)C(C)(C)[C@@H]5CC[C@@]4(C)[C@]3(C)CC[C@@]2(NC(=O)C(C)(C)NC(=O)c2ccc(N3CCOCC3)nc2)CC1=O. The number of carboxylic acid groups (broad SMARTS) is 1. The Morgan fingerprint density at radius 2 is 1.57 bits per heavy atom. The Morgan fingerprint density at radius 1 is 0.873 bits per heavy atom. The summed E-state index contributed by atoms with van der Waals surface area (Å²) in [6.07, 6.45) is 9.17. The first kappa shape index (κ1) is 45.8. The highest BCUT2D eigenvalue weighted by Gasteiger charge is 2.71. The van der Waals surface area contributed by atoms with Crippen LogP contribution in [-0.2, 0) is 28.7 Å². The molecule has 1 aromatic rings. The van der Waals surface area contributed by atoms with Gasteiger partial charge in [0.15, 0.2) is 5.78 Å². The van der Waals surface area contributed by atoms with Crippen molar-refractivity contribution < 1.29 is 38.6 Å². The zero-order chi connectivity index (χ0) is 45.9. The summed E-state index contributed by atoms with van der Waals surface area (Å²) < 4.78 is 11.9. The van der Waals surface area contributed by atoms with Gasteiger partial charge in [0.25, 0.3) is 5.91 Å². The first-order valence-corrected chi connectivity index (χ1v) is 24.0. The van der Waals surface area contributed by atoms with E-state index in [4.69, 9.17) is 9.47 Å². The van der Waals surface area contributed by atoms with Gasteiger partial charge in [-0.2, -0.15) is 0 Å². The maximum Gasteiger partial charge on any atom is 0.309 e. The molecule has 6 aliphatic carbocycles. The second-order valence-corrected chi connectivity index (χ2v) is 23.6. The van der Waals surface area contributed by atoms with Gasteiger partial charge in [0.2, 0.25) is 5.91 Å². The number of carbonyl (C=O) groups is 5. The number of esters is 1. The summed E-state index contributed by atoms with van der Waals surface area (Å²) in [5.74, 6) is -0.912. The highest BCUT2D eigenvalue weighted by molar-refractivity contribution is 6.03. The first-order valence-electron chi connectivity index (χ1n) is 24.0. The minimum atomic E-state index is -1.27. The topological polar surface area (TPSA) is 164 Å². The van der Waals surface area contributed by atoms with Gasteiger partial charge in [-0.3, -0.25) is 24.0 Å². The van der Waals surface area contributed by atoms with Crippen LogP contribution in [0, 0.1) is 62.6 Å². The molecule has 12 nitrogen and oxygen atoms in total. The number of fused-ring (bicyclic) bond motifs is 7. The van der Waals surface area contributed by atoms with Crippen molar-refractivity contribution >= 4 is 35.4 Å². The average molecular weight is 871 g/mol. The molecule has 0 aromatic carbocycles. The molecule has 5 saturated carbocycles. The maximum absolute atomic E-state index is 14.5. The number of rotatable bonds is 9. The number of allylic oxidation sites excluding steroid dienone is 1. The predicted molar refractivity (Wildman–Crippen MR) is 240 cm³/mol. The third kappa shape index (κ3) is 6.99. The van der Waals surface area contributed by atoms with Crippen LogP contribution in [0.1, 0.15) is 151 Å². The zero-order valence-electron chi connectivity index (χ0n) is 39.9. The van der Waals surface area contributed by atoms with Crippen LogP contribution in [-0.4, -0.2) is 83.1 Å². The average Bonchev–Trinajstić information content (AvgIpc) is 3.50. The highest BCUT2D eigenvalue weighted by Crippen LogP contribution is 2.76. The molecule has 8 rings (SSSR count). The number of ether oxygens (including phenoxy) is 2. The lowest BCUT2D eigenvalue weighted by Crippen LogP contribution is -2.68. The Bertz CT molecular complexity index is 2090. The van der Waals surface area contributed by atoms with Crippen molar-refractivity contribution in [1.29, 1.82) is 0 Å². The molecule has 1 saturated heterocycles. The van der Waals surface area contributed by atoms with Crippen LogP contribution in [0.5, 0.6) is 0 Å². The number of hydrogen-bond acceptors (Lipinski definition) is 9. The van der Waals surface area contributed by atoms with E-state index in [-0.39, 0.29) is 69.6 Å². The Hall–Kier alpha value is -3.80. The van der Waals surface area contributed by atoms with Crippen molar-refractivity contribution in [3.63, 3.8) is 0 Å². The molecule has 1 aliphatic heterocycles. The number of ketones is 1. The van der Waals surface area contributed by atoms with E-state index >= 15 is 0 Å². The molecule has 0 radical (unpaired) electrons. The smallest absolute Gasteiger partial charge is 0.309 e. The van der Waals surface area contributed by atoms with E-state index < -0.39 is 34.3 Å². The normalized spacial score (nSPS) is 38.0. The number of aliphatic carboxylic acids is 1. The Labute approximate surface area is 374 Å². The lowest BCUT2D eigenvalue weighted by Gasteiger charge is -2.72. The minimum absolute atomic E-state index is 0.00682. The molecule has 346 valence electrons. The van der Waals surface area contributed by atoms with Gasteiger partial charge >= 0.3 is 11.9 Å². The summed E-state index contributed by atoms with van der Waals surface area (Å²) >= 11 is 0. The summed E-state index contributed by atoms with van der Waals surface area (Å²) in [5.41, 5.74) is -0.706. The summed E-state index contributed by atoms with van der Waals surface area (Å²) in [5, 5.41) is 16.2. The molecule has 10 atom stereocenters. The van der Waals surface area contributed by atoms with Gasteiger partial charge in [-0.1, -0.05) is 62.3 Å². The Morgan fingerprint density at radius 3 is 2.19 bits per heavy atom. The van der Waals surface area contributed by atoms with E-state index in [1.807, 2.05) is 19.9 Å². The molecule has 7 aliphatic rings. The molecule has 0 unspecified atom stereocenters. The number of hydrogen-bond donors (Lipinski definition) is 3. The van der Waals surface area contributed by atoms with E-state index in [1.54, 1.807) is 26.1 Å². The van der Waals surface area contributed by atoms with Crippen LogP contribution in [0.4, 0.5) is 5.82 Å². The van der Waals surface area contributed by atoms with E-state index in [0.29, 0.717) is 43.5 Å². The van der Waals surface area contributed by atoms with Crippen LogP contribution < -0.4 is 15.5 Å². The van der Waals surface area contributed by atoms with Crippen LogP contribution in [0.3, 0.4) is 0 Å². The van der Waals surface area contributed by atoms with Gasteiger partial charge in [-0.25, -0.2) is 4.98 Å². The van der Waals surface area contributed by atoms with E-state index in [1.165, 1.54) is 0 Å². The molecular weight excluding hydrogens is 797 g/mol. The van der Waals surface area contributed by atoms with Crippen molar-refractivity contribution in [2.75, 3.05) is 31.2 Å². The number of amides is 2. The van der Waals surface area contributed by atoms with Gasteiger partial charge < -0.3 is 30.1 Å².